The van der Waals surface area contributed by atoms with Crippen LogP contribution in [0.5, 0.6) is 5.75 Å². The highest BCUT2D eigenvalue weighted by Gasteiger charge is 2.05. The highest BCUT2D eigenvalue weighted by molar-refractivity contribution is 5.68. The van der Waals surface area contributed by atoms with Crippen LogP contribution in [0.3, 0.4) is 0 Å². The zero-order valence-corrected chi connectivity index (χ0v) is 10.2. The molecule has 0 radical (unpaired) electrons. The molecule has 0 spiro atoms. The lowest BCUT2D eigenvalue weighted by atomic mass is 10.1. The Morgan fingerprint density at radius 3 is 2.41 bits per heavy atom. The Hall–Kier alpha value is -2.10. The zero-order chi connectivity index (χ0) is 12.3. The van der Waals surface area contributed by atoms with Crippen molar-refractivity contribution in [2.45, 2.75) is 6.92 Å². The Bertz CT molecular complexity index is 509. The van der Waals surface area contributed by atoms with Crippen molar-refractivity contribution in [2.24, 2.45) is 0 Å². The van der Waals surface area contributed by atoms with E-state index in [0.29, 0.717) is 0 Å². The summed E-state index contributed by atoms with van der Waals surface area (Å²) in [5.41, 5.74) is 3.09. The van der Waals surface area contributed by atoms with Crippen molar-refractivity contribution in [3.8, 4) is 16.9 Å². The minimum atomic E-state index is 0.765. The average molecular weight is 229 g/mol. The van der Waals surface area contributed by atoms with Gasteiger partial charge in [-0.2, -0.15) is 5.10 Å². The number of anilines is 1. The molecule has 0 aliphatic rings. The molecule has 0 fully saturated rings. The van der Waals surface area contributed by atoms with Crippen LogP contribution in [0, 0.1) is 6.92 Å². The van der Waals surface area contributed by atoms with Crippen molar-refractivity contribution < 1.29 is 4.74 Å². The van der Waals surface area contributed by atoms with E-state index in [2.05, 4.69) is 15.5 Å². The van der Waals surface area contributed by atoms with E-state index in [9.17, 15) is 0 Å². The second kappa shape index (κ2) is 4.82. The van der Waals surface area contributed by atoms with Crippen LogP contribution in [0.4, 0.5) is 5.82 Å². The maximum atomic E-state index is 5.14. The Kier molecular flexibility index (Phi) is 3.23. The van der Waals surface area contributed by atoms with E-state index in [1.807, 2.05) is 44.3 Å². The van der Waals surface area contributed by atoms with E-state index >= 15 is 0 Å². The minimum absolute atomic E-state index is 0.765. The van der Waals surface area contributed by atoms with Gasteiger partial charge in [-0.1, -0.05) is 12.1 Å². The van der Waals surface area contributed by atoms with E-state index in [1.165, 1.54) is 0 Å². The Morgan fingerprint density at radius 1 is 1.12 bits per heavy atom. The fraction of sp³-hybridized carbons (Fsp3) is 0.231. The molecule has 1 aromatic heterocycles. The molecule has 0 atom stereocenters. The van der Waals surface area contributed by atoms with Gasteiger partial charge in [0.05, 0.1) is 12.8 Å². The summed E-state index contributed by atoms with van der Waals surface area (Å²) in [6.07, 6.45) is 0. The molecule has 0 bridgehead atoms. The van der Waals surface area contributed by atoms with Gasteiger partial charge >= 0.3 is 0 Å². The third-order valence-corrected chi connectivity index (χ3v) is 2.64. The molecule has 0 aliphatic carbocycles. The van der Waals surface area contributed by atoms with Crippen LogP contribution in [0.1, 0.15) is 5.69 Å². The summed E-state index contributed by atoms with van der Waals surface area (Å²) in [6, 6.07) is 9.90. The smallest absolute Gasteiger partial charge is 0.149 e. The van der Waals surface area contributed by atoms with Crippen LogP contribution in [0.15, 0.2) is 30.3 Å². The first-order valence-electron chi connectivity index (χ1n) is 5.41. The van der Waals surface area contributed by atoms with Crippen molar-refractivity contribution in [1.82, 2.24) is 10.2 Å². The normalized spacial score (nSPS) is 10.1. The van der Waals surface area contributed by atoms with Gasteiger partial charge in [-0.25, -0.2) is 0 Å². The lowest BCUT2D eigenvalue weighted by Crippen LogP contribution is -1.98. The number of aromatic nitrogens is 2. The number of methoxy groups -OCH3 is 1. The fourth-order valence-electron chi connectivity index (χ4n) is 1.64. The standard InChI is InChI=1S/C13H15N3O/c1-9-12(8-13(14-2)16-15-9)10-4-6-11(17-3)7-5-10/h4-8H,1-3H3,(H,14,16). The van der Waals surface area contributed by atoms with Crippen LogP contribution in [-0.4, -0.2) is 24.4 Å². The quantitative estimate of drug-likeness (QED) is 0.878. The lowest BCUT2D eigenvalue weighted by Gasteiger charge is -2.07. The summed E-state index contributed by atoms with van der Waals surface area (Å²) in [4.78, 5) is 0. The van der Waals surface area contributed by atoms with Crippen LogP contribution in [-0.2, 0) is 0 Å². The van der Waals surface area contributed by atoms with Crippen molar-refractivity contribution in [1.29, 1.82) is 0 Å². The van der Waals surface area contributed by atoms with Gasteiger partial charge < -0.3 is 10.1 Å². The highest BCUT2D eigenvalue weighted by Crippen LogP contribution is 2.25. The summed E-state index contributed by atoms with van der Waals surface area (Å²) >= 11 is 0. The minimum Gasteiger partial charge on any atom is -0.497 e. The number of ether oxygens (including phenoxy) is 1. The number of aryl methyl sites for hydroxylation is 1. The predicted molar refractivity (Wildman–Crippen MR) is 68.3 cm³/mol. The van der Waals surface area contributed by atoms with E-state index in [-0.39, 0.29) is 0 Å². The van der Waals surface area contributed by atoms with Gasteiger partial charge in [-0.3, -0.25) is 0 Å². The Labute approximate surface area is 101 Å². The Balaban J connectivity index is 2.43. The molecule has 1 N–H and O–H groups in total. The number of benzene rings is 1. The molecule has 88 valence electrons. The van der Waals surface area contributed by atoms with Gasteiger partial charge in [0.2, 0.25) is 0 Å². The fourth-order valence-corrected chi connectivity index (χ4v) is 1.64. The lowest BCUT2D eigenvalue weighted by molar-refractivity contribution is 0.415. The molecule has 2 aromatic rings. The molecule has 4 heteroatoms. The molecule has 17 heavy (non-hydrogen) atoms. The van der Waals surface area contributed by atoms with Crippen molar-refractivity contribution >= 4 is 5.82 Å². The average Bonchev–Trinajstić information content (AvgIpc) is 2.39. The molecule has 1 aromatic carbocycles. The number of rotatable bonds is 3. The maximum Gasteiger partial charge on any atom is 0.149 e. The van der Waals surface area contributed by atoms with Crippen LogP contribution >= 0.6 is 0 Å². The maximum absolute atomic E-state index is 5.14. The molecule has 0 aliphatic heterocycles. The molecule has 0 saturated carbocycles. The molecule has 4 nitrogen and oxygen atoms in total. The Morgan fingerprint density at radius 2 is 1.82 bits per heavy atom. The summed E-state index contributed by atoms with van der Waals surface area (Å²) in [6.45, 7) is 1.95. The molecule has 2 rings (SSSR count). The molecule has 1 heterocycles. The van der Waals surface area contributed by atoms with Gasteiger partial charge in [0.15, 0.2) is 0 Å². The van der Waals surface area contributed by atoms with E-state index in [4.69, 9.17) is 4.74 Å². The van der Waals surface area contributed by atoms with Crippen molar-refractivity contribution in [3.63, 3.8) is 0 Å². The number of hydrogen-bond acceptors (Lipinski definition) is 4. The van der Waals surface area contributed by atoms with Gasteiger partial charge in [0.1, 0.15) is 11.6 Å². The predicted octanol–water partition coefficient (Wildman–Crippen LogP) is 2.50. The second-order valence-electron chi connectivity index (χ2n) is 3.71. The number of nitrogens with one attached hydrogen (secondary N) is 1. The highest BCUT2D eigenvalue weighted by atomic mass is 16.5. The van der Waals surface area contributed by atoms with Gasteiger partial charge in [-0.15, -0.1) is 5.10 Å². The molecular weight excluding hydrogens is 214 g/mol. The van der Waals surface area contributed by atoms with Crippen molar-refractivity contribution in [2.75, 3.05) is 19.5 Å². The third-order valence-electron chi connectivity index (χ3n) is 2.64. The topological polar surface area (TPSA) is 47.0 Å². The SMILES string of the molecule is CNc1cc(-c2ccc(OC)cc2)c(C)nn1. The largest absolute Gasteiger partial charge is 0.497 e. The van der Waals surface area contributed by atoms with E-state index < -0.39 is 0 Å². The zero-order valence-electron chi connectivity index (χ0n) is 10.2. The van der Waals surface area contributed by atoms with Crippen LogP contribution < -0.4 is 10.1 Å². The van der Waals surface area contributed by atoms with Gasteiger partial charge in [0, 0.05) is 12.6 Å². The first-order chi connectivity index (χ1) is 8.24. The first-order valence-corrected chi connectivity index (χ1v) is 5.41. The van der Waals surface area contributed by atoms with E-state index in [0.717, 1.165) is 28.4 Å². The molecule has 0 unspecified atom stereocenters. The van der Waals surface area contributed by atoms with Crippen LogP contribution in [0.2, 0.25) is 0 Å². The summed E-state index contributed by atoms with van der Waals surface area (Å²) in [5, 5.41) is 11.1. The second-order valence-corrected chi connectivity index (χ2v) is 3.71. The molecule has 0 amide bonds. The summed E-state index contributed by atoms with van der Waals surface area (Å²) in [7, 11) is 3.49. The molecule has 0 saturated heterocycles. The summed E-state index contributed by atoms with van der Waals surface area (Å²) in [5.74, 6) is 1.61. The monoisotopic (exact) mass is 229 g/mol. The van der Waals surface area contributed by atoms with Gasteiger partial charge in [0.25, 0.3) is 0 Å². The van der Waals surface area contributed by atoms with Gasteiger partial charge in [-0.05, 0) is 30.7 Å². The number of hydrogen-bond donors (Lipinski definition) is 1. The third kappa shape index (κ3) is 2.36. The van der Waals surface area contributed by atoms with Crippen LogP contribution in [0.25, 0.3) is 11.1 Å². The molecular formula is C13H15N3O. The first kappa shape index (κ1) is 11.4. The van der Waals surface area contributed by atoms with E-state index in [1.54, 1.807) is 7.11 Å². The number of nitrogens with zero attached hydrogens (tertiary/aromatic N) is 2. The summed E-state index contributed by atoms with van der Waals surface area (Å²) < 4.78 is 5.14. The van der Waals surface area contributed by atoms with Crippen molar-refractivity contribution in [3.05, 3.63) is 36.0 Å².